The molecule has 3 N–H and O–H groups in total. The highest BCUT2D eigenvalue weighted by Gasteiger charge is 2.18. The largest absolute Gasteiger partial charge is 0.444 e. The molecular weight excluding hydrogens is 263 g/mol. The molecule has 0 aliphatic rings. The fraction of sp³-hybridized carbons (Fsp3) is 0.364. The number of carbonyl (C=O) groups is 1. The average molecular weight is 277 g/mol. The van der Waals surface area contributed by atoms with Crippen molar-refractivity contribution in [2.45, 2.75) is 26.4 Å². The Bertz CT molecular complexity index is 442. The van der Waals surface area contributed by atoms with Crippen molar-refractivity contribution >= 4 is 40.7 Å². The molecule has 0 saturated heterocycles. The van der Waals surface area contributed by atoms with Crippen LogP contribution in [0.4, 0.5) is 16.2 Å². The van der Waals surface area contributed by atoms with E-state index in [2.05, 4.69) is 5.32 Å². The lowest BCUT2D eigenvalue weighted by Crippen LogP contribution is -2.27. The Labute approximate surface area is 110 Å². The lowest BCUT2D eigenvalue weighted by Gasteiger charge is -2.20. The van der Waals surface area contributed by atoms with E-state index in [1.807, 2.05) is 0 Å². The maximum absolute atomic E-state index is 11.6. The summed E-state index contributed by atoms with van der Waals surface area (Å²) in [6, 6.07) is 3.11. The van der Waals surface area contributed by atoms with Gasteiger partial charge in [-0.25, -0.2) is 4.79 Å². The van der Waals surface area contributed by atoms with Gasteiger partial charge in [0.15, 0.2) is 0 Å². The Morgan fingerprint density at radius 3 is 2.47 bits per heavy atom. The van der Waals surface area contributed by atoms with Crippen molar-refractivity contribution in [2.75, 3.05) is 11.1 Å². The number of ether oxygens (including phenoxy) is 1. The number of anilines is 2. The van der Waals surface area contributed by atoms with E-state index in [9.17, 15) is 4.79 Å². The van der Waals surface area contributed by atoms with E-state index in [1.54, 1.807) is 32.9 Å². The number of hydrogen-bond acceptors (Lipinski definition) is 3. The van der Waals surface area contributed by atoms with E-state index >= 15 is 0 Å². The van der Waals surface area contributed by atoms with E-state index in [-0.39, 0.29) is 10.7 Å². The first-order chi connectivity index (χ1) is 7.70. The second kappa shape index (κ2) is 5.02. The molecule has 1 amide bonds. The summed E-state index contributed by atoms with van der Waals surface area (Å²) in [5.41, 5.74) is 5.68. The third kappa shape index (κ3) is 3.98. The van der Waals surface area contributed by atoms with Crippen LogP contribution in [0.15, 0.2) is 12.1 Å². The fourth-order valence-electron chi connectivity index (χ4n) is 1.10. The van der Waals surface area contributed by atoms with Crippen LogP contribution in [0.25, 0.3) is 0 Å². The quantitative estimate of drug-likeness (QED) is 0.764. The molecule has 0 bridgehead atoms. The van der Waals surface area contributed by atoms with E-state index in [0.29, 0.717) is 10.7 Å². The lowest BCUT2D eigenvalue weighted by molar-refractivity contribution is 0.0636. The minimum absolute atomic E-state index is 0.192. The molecule has 0 heterocycles. The van der Waals surface area contributed by atoms with Crippen molar-refractivity contribution in [2.24, 2.45) is 0 Å². The molecule has 0 unspecified atom stereocenters. The predicted octanol–water partition coefficient (Wildman–Crippen LogP) is 3.92. The first kappa shape index (κ1) is 13.9. The van der Waals surface area contributed by atoms with Gasteiger partial charge in [0, 0.05) is 0 Å². The molecule has 6 heteroatoms. The highest BCUT2D eigenvalue weighted by molar-refractivity contribution is 6.44. The van der Waals surface area contributed by atoms with Crippen LogP contribution in [0.3, 0.4) is 0 Å². The third-order valence-electron chi connectivity index (χ3n) is 1.75. The van der Waals surface area contributed by atoms with Crippen molar-refractivity contribution in [3.05, 3.63) is 22.2 Å². The van der Waals surface area contributed by atoms with Gasteiger partial charge in [-0.1, -0.05) is 23.2 Å². The van der Waals surface area contributed by atoms with Gasteiger partial charge in [-0.05, 0) is 32.9 Å². The molecule has 0 aliphatic carbocycles. The summed E-state index contributed by atoms with van der Waals surface area (Å²) >= 11 is 11.8. The van der Waals surface area contributed by atoms with Crippen LogP contribution in [0.1, 0.15) is 20.8 Å². The molecule has 0 aliphatic heterocycles. The number of nitrogens with two attached hydrogens (primary N) is 1. The first-order valence-corrected chi connectivity index (χ1v) is 5.70. The average Bonchev–Trinajstić information content (AvgIpc) is 2.16. The molecule has 1 rings (SSSR count). The summed E-state index contributed by atoms with van der Waals surface area (Å²) in [6.45, 7) is 5.28. The zero-order valence-electron chi connectivity index (χ0n) is 9.80. The Morgan fingerprint density at radius 2 is 1.94 bits per heavy atom. The Hall–Kier alpha value is -1.13. The van der Waals surface area contributed by atoms with Crippen molar-refractivity contribution in [3.63, 3.8) is 0 Å². The van der Waals surface area contributed by atoms with Crippen LogP contribution in [-0.4, -0.2) is 11.7 Å². The van der Waals surface area contributed by atoms with Crippen LogP contribution < -0.4 is 11.1 Å². The number of carbonyl (C=O) groups excluding carboxylic acids is 1. The maximum Gasteiger partial charge on any atom is 0.412 e. The van der Waals surface area contributed by atoms with Gasteiger partial charge in [-0.15, -0.1) is 0 Å². The molecule has 0 radical (unpaired) electrons. The van der Waals surface area contributed by atoms with Crippen LogP contribution >= 0.6 is 23.2 Å². The molecule has 1 aromatic carbocycles. The van der Waals surface area contributed by atoms with E-state index < -0.39 is 11.7 Å². The highest BCUT2D eigenvalue weighted by Crippen LogP contribution is 2.34. The van der Waals surface area contributed by atoms with Crippen molar-refractivity contribution in [1.82, 2.24) is 0 Å². The molecule has 0 saturated carbocycles. The highest BCUT2D eigenvalue weighted by atomic mass is 35.5. The van der Waals surface area contributed by atoms with E-state index in [1.165, 1.54) is 0 Å². The fourth-order valence-corrected chi connectivity index (χ4v) is 1.48. The second-order valence-corrected chi connectivity index (χ2v) is 5.24. The second-order valence-electron chi connectivity index (χ2n) is 4.45. The van der Waals surface area contributed by atoms with Gasteiger partial charge in [0.25, 0.3) is 0 Å². The Morgan fingerprint density at radius 1 is 1.35 bits per heavy atom. The van der Waals surface area contributed by atoms with Gasteiger partial charge >= 0.3 is 6.09 Å². The number of rotatable bonds is 1. The summed E-state index contributed by atoms with van der Waals surface area (Å²) in [6.07, 6.45) is -0.631. The summed E-state index contributed by atoms with van der Waals surface area (Å²) in [7, 11) is 0. The van der Waals surface area contributed by atoms with Gasteiger partial charge in [0.2, 0.25) is 0 Å². The van der Waals surface area contributed by atoms with Gasteiger partial charge in [0.05, 0.1) is 21.4 Å². The molecule has 0 aromatic heterocycles. The van der Waals surface area contributed by atoms with Crippen LogP contribution in [-0.2, 0) is 4.74 Å². The molecule has 1 aromatic rings. The van der Waals surface area contributed by atoms with Crippen molar-refractivity contribution in [3.8, 4) is 0 Å². The molecule has 0 fully saturated rings. The number of nitrogen functional groups attached to an aromatic ring is 1. The Kier molecular flexibility index (Phi) is 4.11. The smallest absolute Gasteiger partial charge is 0.412 e. The SMILES string of the molecule is CC(C)(C)OC(=O)Nc1c(N)ccc(Cl)c1Cl. The molecule has 0 spiro atoms. The monoisotopic (exact) mass is 276 g/mol. The minimum atomic E-state index is -0.631. The lowest BCUT2D eigenvalue weighted by atomic mass is 10.2. The van der Waals surface area contributed by atoms with Crippen molar-refractivity contribution in [1.29, 1.82) is 0 Å². The summed E-state index contributed by atoms with van der Waals surface area (Å²) in [5, 5.41) is 2.98. The standard InChI is InChI=1S/C11H14Cl2N2O2/c1-11(2,3)17-10(16)15-9-7(14)5-4-6(12)8(9)13/h4-5H,14H2,1-3H3,(H,15,16). The van der Waals surface area contributed by atoms with E-state index in [0.717, 1.165) is 0 Å². The summed E-state index contributed by atoms with van der Waals surface area (Å²) in [5.74, 6) is 0. The summed E-state index contributed by atoms with van der Waals surface area (Å²) in [4.78, 5) is 11.6. The topological polar surface area (TPSA) is 64.3 Å². The maximum atomic E-state index is 11.6. The molecule has 0 atom stereocenters. The normalized spacial score (nSPS) is 11.1. The Balaban J connectivity index is 2.89. The number of nitrogens with one attached hydrogen (secondary N) is 1. The van der Waals surface area contributed by atoms with E-state index in [4.69, 9.17) is 33.7 Å². The van der Waals surface area contributed by atoms with Gasteiger partial charge < -0.3 is 10.5 Å². The molecule has 94 valence electrons. The van der Waals surface area contributed by atoms with Crippen molar-refractivity contribution < 1.29 is 9.53 Å². The number of hydrogen-bond donors (Lipinski definition) is 2. The summed E-state index contributed by atoms with van der Waals surface area (Å²) < 4.78 is 5.08. The molecular formula is C11H14Cl2N2O2. The zero-order chi connectivity index (χ0) is 13.2. The van der Waals surface area contributed by atoms with Crippen LogP contribution in [0.2, 0.25) is 10.0 Å². The molecule has 17 heavy (non-hydrogen) atoms. The van der Waals surface area contributed by atoms with Gasteiger partial charge in [0.1, 0.15) is 5.60 Å². The first-order valence-electron chi connectivity index (χ1n) is 4.94. The number of halogens is 2. The zero-order valence-corrected chi connectivity index (χ0v) is 11.3. The number of amides is 1. The van der Waals surface area contributed by atoms with Crippen LogP contribution in [0, 0.1) is 0 Å². The molecule has 4 nitrogen and oxygen atoms in total. The van der Waals surface area contributed by atoms with Gasteiger partial charge in [-0.2, -0.15) is 0 Å². The third-order valence-corrected chi connectivity index (χ3v) is 2.56. The number of benzene rings is 1. The predicted molar refractivity (Wildman–Crippen MR) is 70.7 cm³/mol. The van der Waals surface area contributed by atoms with Gasteiger partial charge in [-0.3, -0.25) is 5.32 Å². The van der Waals surface area contributed by atoms with Crippen LogP contribution in [0.5, 0.6) is 0 Å². The minimum Gasteiger partial charge on any atom is -0.444 e.